The smallest absolute Gasteiger partial charge is 0.260 e. The first kappa shape index (κ1) is 14.0. The maximum absolute atomic E-state index is 11.1. The molecule has 80 valence electrons. The highest BCUT2D eigenvalue weighted by atomic mass is 35.5. The molecule has 0 bridgehead atoms. The Morgan fingerprint density at radius 2 is 1.54 bits per heavy atom. The van der Waals surface area contributed by atoms with E-state index in [-0.39, 0.29) is 22.3 Å². The average Bonchev–Trinajstić information content (AvgIpc) is 2.14. The Balaban J connectivity index is 4.61. The van der Waals surface area contributed by atoms with Crippen molar-refractivity contribution in [2.45, 2.75) is 6.92 Å². The van der Waals surface area contributed by atoms with Crippen LogP contribution in [0.15, 0.2) is 0 Å². The quantitative estimate of drug-likeness (QED) is 0.550. The Morgan fingerprint density at radius 1 is 1.15 bits per heavy atom. The molecular weight excluding hydrogens is 275 g/mol. The van der Waals surface area contributed by atoms with E-state index < -0.39 is 18.4 Å². The predicted molar refractivity (Wildman–Crippen MR) is 58.5 cm³/mol. The second kappa shape index (κ2) is 5.78. The molecule has 3 nitrogen and oxygen atoms in total. The molecule has 0 unspecified atom stereocenters. The Bertz CT molecular complexity index is 231. The summed E-state index contributed by atoms with van der Waals surface area (Å²) in [6.45, 7) is 1.49. The first-order chi connectivity index (χ1) is 5.95. The number of halogens is 3. The predicted octanol–water partition coefficient (Wildman–Crippen LogP) is 1.63. The van der Waals surface area contributed by atoms with Gasteiger partial charge in [0.15, 0.2) is 0 Å². The molecule has 0 atom stereocenters. The van der Waals surface area contributed by atoms with Crippen LogP contribution < -0.4 is 0 Å². The van der Waals surface area contributed by atoms with E-state index in [4.69, 9.17) is 38.7 Å². The van der Waals surface area contributed by atoms with E-state index in [0.29, 0.717) is 0 Å². The fourth-order valence-electron chi connectivity index (χ4n) is 0.502. The molecular formula is C5H11Cl3O3SSi. The van der Waals surface area contributed by atoms with Gasteiger partial charge in [-0.05, 0) is 6.92 Å². The monoisotopic (exact) mass is 284 g/mol. The Kier molecular flexibility index (Phi) is 6.22. The van der Waals surface area contributed by atoms with E-state index in [0.717, 1.165) is 0 Å². The van der Waals surface area contributed by atoms with Crippen molar-refractivity contribution < 1.29 is 12.3 Å². The topological polar surface area (TPSA) is 43.4 Å². The Morgan fingerprint density at radius 3 is 1.77 bits per heavy atom. The lowest BCUT2D eigenvalue weighted by Crippen LogP contribution is -2.48. The van der Waals surface area contributed by atoms with Crippen molar-refractivity contribution in [2.24, 2.45) is 0 Å². The fourth-order valence-corrected chi connectivity index (χ4v) is 7.65. The first-order valence-corrected chi connectivity index (χ1v) is 9.27. The normalized spacial score (nSPS) is 13.2. The van der Waals surface area contributed by atoms with Crippen LogP contribution in [0.1, 0.15) is 6.92 Å². The van der Waals surface area contributed by atoms with Gasteiger partial charge >= 0.3 is 0 Å². The van der Waals surface area contributed by atoms with Crippen molar-refractivity contribution in [2.75, 3.05) is 22.3 Å². The minimum Gasteiger partial charge on any atom is -0.311 e. The third-order valence-electron chi connectivity index (χ3n) is 1.39. The molecule has 13 heavy (non-hydrogen) atoms. The minimum absolute atomic E-state index is 0.0826. The van der Waals surface area contributed by atoms with Gasteiger partial charge < -0.3 is 3.87 Å². The van der Waals surface area contributed by atoms with E-state index in [2.05, 4.69) is 0 Å². The lowest BCUT2D eigenvalue weighted by atomic mass is 11.0. The average molecular weight is 286 g/mol. The number of hydrogen-bond donors (Lipinski definition) is 0. The first-order valence-electron chi connectivity index (χ1n) is 3.56. The zero-order valence-corrected chi connectivity index (χ0v) is 11.2. The summed E-state index contributed by atoms with van der Waals surface area (Å²) in [5.74, 6) is -0.0909. The van der Waals surface area contributed by atoms with Crippen LogP contribution in [-0.2, 0) is 14.0 Å². The van der Waals surface area contributed by atoms with Crippen molar-refractivity contribution in [1.82, 2.24) is 0 Å². The van der Waals surface area contributed by atoms with Gasteiger partial charge in [-0.25, -0.2) is 8.42 Å². The summed E-state index contributed by atoms with van der Waals surface area (Å²) in [6.07, 6.45) is 0. The number of rotatable bonds is 6. The van der Waals surface area contributed by atoms with Crippen LogP contribution in [0.25, 0.3) is 0 Å². The summed E-state index contributed by atoms with van der Waals surface area (Å²) in [4.78, 5) is 0. The van der Waals surface area contributed by atoms with Crippen LogP contribution in [0.3, 0.4) is 0 Å². The molecule has 0 amide bonds. The molecule has 0 radical (unpaired) electrons. The van der Waals surface area contributed by atoms with Crippen molar-refractivity contribution in [1.29, 1.82) is 0 Å². The Labute approximate surface area is 94.6 Å². The van der Waals surface area contributed by atoms with Gasteiger partial charge in [-0.1, -0.05) is 0 Å². The SMILES string of the molecule is CCS(=O)(=O)O[Si](CCl)(CCl)CCl. The summed E-state index contributed by atoms with van der Waals surface area (Å²) < 4.78 is 27.2. The van der Waals surface area contributed by atoms with Gasteiger partial charge in [0.05, 0.1) is 5.75 Å². The summed E-state index contributed by atoms with van der Waals surface area (Å²) in [5.41, 5.74) is 0.248. The zero-order chi connectivity index (χ0) is 10.5. The molecule has 0 aliphatic rings. The third kappa shape index (κ3) is 4.36. The molecule has 0 spiro atoms. The van der Waals surface area contributed by atoms with Gasteiger partial charge in [0.25, 0.3) is 18.4 Å². The lowest BCUT2D eigenvalue weighted by Gasteiger charge is -2.23. The molecule has 0 heterocycles. The summed E-state index contributed by atoms with van der Waals surface area (Å²) in [5, 5.41) is 0. The van der Waals surface area contributed by atoms with Crippen LogP contribution >= 0.6 is 34.8 Å². The van der Waals surface area contributed by atoms with Crippen molar-refractivity contribution in [3.05, 3.63) is 0 Å². The van der Waals surface area contributed by atoms with E-state index in [1.165, 1.54) is 6.92 Å². The molecule has 0 saturated carbocycles. The molecule has 0 saturated heterocycles. The van der Waals surface area contributed by atoms with Gasteiger partial charge in [-0.2, -0.15) is 0 Å². The second-order valence-corrected chi connectivity index (χ2v) is 10.4. The lowest BCUT2D eigenvalue weighted by molar-refractivity contribution is 0.485. The third-order valence-corrected chi connectivity index (χ3v) is 10.4. The number of hydrogen-bond acceptors (Lipinski definition) is 3. The van der Waals surface area contributed by atoms with Gasteiger partial charge in [-0.3, -0.25) is 0 Å². The largest absolute Gasteiger partial charge is 0.311 e. The maximum atomic E-state index is 11.1. The Hall–Kier alpha value is 0.997. The van der Waals surface area contributed by atoms with Crippen molar-refractivity contribution >= 4 is 53.2 Å². The van der Waals surface area contributed by atoms with Crippen LogP contribution in [0, 0.1) is 0 Å². The number of alkyl halides is 3. The highest BCUT2D eigenvalue weighted by Gasteiger charge is 2.37. The highest BCUT2D eigenvalue weighted by Crippen LogP contribution is 2.15. The van der Waals surface area contributed by atoms with Crippen LogP contribution in [0.5, 0.6) is 0 Å². The molecule has 0 fully saturated rings. The van der Waals surface area contributed by atoms with Gasteiger partial charge in [-0.15, -0.1) is 34.8 Å². The van der Waals surface area contributed by atoms with E-state index in [1.807, 2.05) is 0 Å². The molecule has 0 aromatic heterocycles. The van der Waals surface area contributed by atoms with Crippen LogP contribution in [-0.4, -0.2) is 39.0 Å². The maximum Gasteiger partial charge on any atom is 0.260 e. The molecule has 0 aromatic carbocycles. The molecule has 8 heteroatoms. The second-order valence-electron chi connectivity index (χ2n) is 2.51. The summed E-state index contributed by atoms with van der Waals surface area (Å²) >= 11 is 16.8. The summed E-state index contributed by atoms with van der Waals surface area (Å²) in [7, 11) is -6.17. The molecule has 0 aliphatic carbocycles. The van der Waals surface area contributed by atoms with Crippen LogP contribution in [0.2, 0.25) is 0 Å². The highest BCUT2D eigenvalue weighted by molar-refractivity contribution is 7.87. The minimum atomic E-state index is -3.51. The van der Waals surface area contributed by atoms with E-state index in [9.17, 15) is 8.42 Å². The van der Waals surface area contributed by atoms with Gasteiger partial charge in [0, 0.05) is 16.5 Å². The molecule has 0 rings (SSSR count). The molecule has 0 N–H and O–H groups in total. The van der Waals surface area contributed by atoms with E-state index >= 15 is 0 Å². The molecule has 0 aliphatic heterocycles. The van der Waals surface area contributed by atoms with Crippen molar-refractivity contribution in [3.8, 4) is 0 Å². The van der Waals surface area contributed by atoms with Crippen molar-refractivity contribution in [3.63, 3.8) is 0 Å². The fraction of sp³-hybridized carbons (Fsp3) is 1.00. The van der Waals surface area contributed by atoms with Crippen LogP contribution in [0.4, 0.5) is 0 Å². The van der Waals surface area contributed by atoms with Gasteiger partial charge in [0.2, 0.25) is 0 Å². The summed E-state index contributed by atoms with van der Waals surface area (Å²) in [6, 6.07) is 0. The standard InChI is InChI=1S/C5H11Cl3O3SSi/c1-2-12(9,10)11-13(3-6,4-7)5-8/h2-5H2,1H3. The molecule has 0 aromatic rings. The van der Waals surface area contributed by atoms with E-state index in [1.54, 1.807) is 0 Å². The van der Waals surface area contributed by atoms with Gasteiger partial charge in [0.1, 0.15) is 0 Å². The zero-order valence-electron chi connectivity index (χ0n) is 7.10.